The zero-order chi connectivity index (χ0) is 16.9. The number of hydrogen-bond donors (Lipinski definition) is 0. The van der Waals surface area contributed by atoms with E-state index >= 15 is 0 Å². The number of aromatic nitrogens is 2. The van der Waals surface area contributed by atoms with Crippen molar-refractivity contribution < 1.29 is 4.74 Å². The molecule has 0 atom stereocenters. The molecule has 0 aliphatic carbocycles. The van der Waals surface area contributed by atoms with Gasteiger partial charge in [-0.05, 0) is 44.1 Å². The van der Waals surface area contributed by atoms with Crippen LogP contribution in [-0.2, 0) is 4.74 Å². The van der Waals surface area contributed by atoms with E-state index in [2.05, 4.69) is 25.8 Å². The van der Waals surface area contributed by atoms with Gasteiger partial charge in [0.15, 0.2) is 0 Å². The summed E-state index contributed by atoms with van der Waals surface area (Å²) in [5.74, 6) is 2.84. The summed E-state index contributed by atoms with van der Waals surface area (Å²) < 4.78 is 5.48. The standard InChI is InChI=1S/C19H31N5O/c1-2-8-23(9-3-1)18-4-7-20-19(21-18)24-12-10-22(11-13-24)16-17-5-14-25-15-6-17/h4,7,17H,1-3,5-6,8-16H2. The maximum atomic E-state index is 5.48. The van der Waals surface area contributed by atoms with Crippen LogP contribution in [0, 0.1) is 5.92 Å². The number of nitrogens with zero attached hydrogens (tertiary/aromatic N) is 5. The highest BCUT2D eigenvalue weighted by molar-refractivity contribution is 5.44. The van der Waals surface area contributed by atoms with Crippen LogP contribution in [0.5, 0.6) is 0 Å². The van der Waals surface area contributed by atoms with Gasteiger partial charge in [0.25, 0.3) is 0 Å². The molecule has 0 spiro atoms. The molecule has 0 unspecified atom stereocenters. The van der Waals surface area contributed by atoms with Crippen molar-refractivity contribution in [2.45, 2.75) is 32.1 Å². The highest BCUT2D eigenvalue weighted by Gasteiger charge is 2.23. The van der Waals surface area contributed by atoms with E-state index in [0.29, 0.717) is 0 Å². The van der Waals surface area contributed by atoms with Gasteiger partial charge in [0, 0.05) is 65.2 Å². The monoisotopic (exact) mass is 345 g/mol. The summed E-state index contributed by atoms with van der Waals surface area (Å²) in [6.07, 6.45) is 8.29. The van der Waals surface area contributed by atoms with E-state index < -0.39 is 0 Å². The lowest BCUT2D eigenvalue weighted by Gasteiger charge is -2.37. The van der Waals surface area contributed by atoms with Crippen LogP contribution in [-0.4, -0.2) is 73.9 Å². The normalized spacial score (nSPS) is 23.8. The second-order valence-corrected chi connectivity index (χ2v) is 7.61. The summed E-state index contributed by atoms with van der Waals surface area (Å²) in [6, 6.07) is 2.07. The van der Waals surface area contributed by atoms with Crippen LogP contribution in [0.25, 0.3) is 0 Å². The second kappa shape index (κ2) is 8.32. The van der Waals surface area contributed by atoms with E-state index in [1.165, 1.54) is 38.6 Å². The number of rotatable bonds is 4. The molecule has 6 nitrogen and oxygen atoms in total. The zero-order valence-electron chi connectivity index (χ0n) is 15.3. The quantitative estimate of drug-likeness (QED) is 0.832. The van der Waals surface area contributed by atoms with Gasteiger partial charge in [0.05, 0.1) is 0 Å². The largest absolute Gasteiger partial charge is 0.381 e. The van der Waals surface area contributed by atoms with Gasteiger partial charge in [0.1, 0.15) is 5.82 Å². The predicted molar refractivity (Wildman–Crippen MR) is 100 cm³/mol. The first-order valence-corrected chi connectivity index (χ1v) is 10.0. The number of hydrogen-bond acceptors (Lipinski definition) is 6. The predicted octanol–water partition coefficient (Wildman–Crippen LogP) is 2.02. The average molecular weight is 345 g/mol. The van der Waals surface area contributed by atoms with Crippen molar-refractivity contribution in [1.29, 1.82) is 0 Å². The van der Waals surface area contributed by atoms with Crippen molar-refractivity contribution in [1.82, 2.24) is 14.9 Å². The van der Waals surface area contributed by atoms with Gasteiger partial charge < -0.3 is 14.5 Å². The molecule has 0 N–H and O–H groups in total. The molecule has 1 aromatic rings. The van der Waals surface area contributed by atoms with E-state index in [1.54, 1.807) is 0 Å². The van der Waals surface area contributed by atoms with E-state index in [0.717, 1.165) is 70.2 Å². The highest BCUT2D eigenvalue weighted by Crippen LogP contribution is 2.21. The van der Waals surface area contributed by atoms with Crippen LogP contribution in [0.15, 0.2) is 12.3 Å². The molecule has 0 radical (unpaired) electrons. The lowest BCUT2D eigenvalue weighted by Crippen LogP contribution is -2.48. The Balaban J connectivity index is 1.31. The third-order valence-corrected chi connectivity index (χ3v) is 5.82. The molecular weight excluding hydrogens is 314 g/mol. The lowest BCUT2D eigenvalue weighted by molar-refractivity contribution is 0.0517. The minimum absolute atomic E-state index is 0.818. The van der Waals surface area contributed by atoms with E-state index in [9.17, 15) is 0 Å². The first-order valence-electron chi connectivity index (χ1n) is 10.0. The maximum absolute atomic E-state index is 5.48. The zero-order valence-corrected chi connectivity index (χ0v) is 15.3. The minimum atomic E-state index is 0.818. The molecule has 3 fully saturated rings. The average Bonchev–Trinajstić information content (AvgIpc) is 2.70. The fourth-order valence-electron chi connectivity index (χ4n) is 4.22. The molecule has 4 heterocycles. The van der Waals surface area contributed by atoms with Crippen molar-refractivity contribution >= 4 is 11.8 Å². The number of piperidine rings is 1. The summed E-state index contributed by atoms with van der Waals surface area (Å²) in [7, 11) is 0. The molecule has 138 valence electrons. The number of ether oxygens (including phenoxy) is 1. The molecule has 3 saturated heterocycles. The number of piperazine rings is 1. The van der Waals surface area contributed by atoms with Gasteiger partial charge in [-0.25, -0.2) is 4.98 Å². The molecule has 1 aromatic heterocycles. The number of anilines is 2. The lowest BCUT2D eigenvalue weighted by atomic mass is 9.99. The van der Waals surface area contributed by atoms with Gasteiger partial charge in [0.2, 0.25) is 5.95 Å². The fraction of sp³-hybridized carbons (Fsp3) is 0.789. The van der Waals surface area contributed by atoms with Gasteiger partial charge in [-0.15, -0.1) is 0 Å². The summed E-state index contributed by atoms with van der Waals surface area (Å²) >= 11 is 0. The molecule has 0 aromatic carbocycles. The molecule has 3 aliphatic rings. The summed E-state index contributed by atoms with van der Waals surface area (Å²) in [5, 5.41) is 0. The van der Waals surface area contributed by atoms with Crippen LogP contribution in [0.4, 0.5) is 11.8 Å². The fourth-order valence-corrected chi connectivity index (χ4v) is 4.22. The van der Waals surface area contributed by atoms with Gasteiger partial charge in [-0.2, -0.15) is 4.98 Å². The van der Waals surface area contributed by atoms with Crippen molar-refractivity contribution in [2.24, 2.45) is 5.92 Å². The molecule has 25 heavy (non-hydrogen) atoms. The SMILES string of the molecule is c1cc(N2CCCCC2)nc(N2CCN(CC3CCOCC3)CC2)n1. The Morgan fingerprint density at radius 1 is 0.920 bits per heavy atom. The Morgan fingerprint density at radius 2 is 1.68 bits per heavy atom. The van der Waals surface area contributed by atoms with Crippen molar-refractivity contribution in [3.8, 4) is 0 Å². The Bertz CT molecular complexity index is 534. The van der Waals surface area contributed by atoms with Crippen molar-refractivity contribution in [3.63, 3.8) is 0 Å². The first kappa shape index (κ1) is 17.0. The molecule has 3 aliphatic heterocycles. The van der Waals surface area contributed by atoms with E-state index in [4.69, 9.17) is 9.72 Å². The van der Waals surface area contributed by atoms with Crippen LogP contribution in [0.1, 0.15) is 32.1 Å². The van der Waals surface area contributed by atoms with Gasteiger partial charge in [-0.1, -0.05) is 0 Å². The van der Waals surface area contributed by atoms with Gasteiger partial charge in [-0.3, -0.25) is 4.90 Å². The molecule has 0 bridgehead atoms. The molecule has 0 saturated carbocycles. The van der Waals surface area contributed by atoms with Crippen LogP contribution >= 0.6 is 0 Å². The third-order valence-electron chi connectivity index (χ3n) is 5.82. The first-order chi connectivity index (χ1) is 12.4. The Kier molecular flexibility index (Phi) is 5.67. The van der Waals surface area contributed by atoms with Crippen LogP contribution in [0.3, 0.4) is 0 Å². The van der Waals surface area contributed by atoms with Crippen molar-refractivity contribution in [2.75, 3.05) is 68.8 Å². The topological polar surface area (TPSA) is 44.7 Å². The van der Waals surface area contributed by atoms with Crippen LogP contribution in [0.2, 0.25) is 0 Å². The van der Waals surface area contributed by atoms with Crippen LogP contribution < -0.4 is 9.80 Å². The molecule has 0 amide bonds. The Labute approximate surface area is 151 Å². The highest BCUT2D eigenvalue weighted by atomic mass is 16.5. The second-order valence-electron chi connectivity index (χ2n) is 7.61. The van der Waals surface area contributed by atoms with Crippen molar-refractivity contribution in [3.05, 3.63) is 12.3 Å². The minimum Gasteiger partial charge on any atom is -0.381 e. The summed E-state index contributed by atoms with van der Waals surface area (Å²) in [5.41, 5.74) is 0. The van der Waals surface area contributed by atoms with E-state index in [1.807, 2.05) is 6.20 Å². The Hall–Kier alpha value is -1.40. The molecule has 6 heteroatoms. The smallest absolute Gasteiger partial charge is 0.227 e. The van der Waals surface area contributed by atoms with Gasteiger partial charge >= 0.3 is 0 Å². The molecular formula is C19H31N5O. The summed E-state index contributed by atoms with van der Waals surface area (Å²) in [4.78, 5) is 16.8. The van der Waals surface area contributed by atoms with E-state index in [-0.39, 0.29) is 0 Å². The third kappa shape index (κ3) is 4.42. The summed E-state index contributed by atoms with van der Waals surface area (Å²) in [6.45, 7) is 9.70. The maximum Gasteiger partial charge on any atom is 0.227 e. The molecule has 4 rings (SSSR count). The Morgan fingerprint density at radius 3 is 2.44 bits per heavy atom.